The summed E-state index contributed by atoms with van der Waals surface area (Å²) in [6.07, 6.45) is 2.90. The Balaban J connectivity index is 1.74. The van der Waals surface area contributed by atoms with Gasteiger partial charge in [0.25, 0.3) is 0 Å². The number of Topliss-reactive ketones (excluding diaryl/α,β-unsaturated/α-hetero) is 1. The summed E-state index contributed by atoms with van der Waals surface area (Å²) < 4.78 is 0. The van der Waals surface area contributed by atoms with Gasteiger partial charge in [-0.3, -0.25) is 4.79 Å². The van der Waals surface area contributed by atoms with Crippen LogP contribution in [0.15, 0.2) is 60.7 Å². The van der Waals surface area contributed by atoms with Crippen molar-refractivity contribution in [2.75, 3.05) is 0 Å². The Labute approximate surface area is 222 Å². The van der Waals surface area contributed by atoms with E-state index in [2.05, 4.69) is 102 Å². The predicted molar refractivity (Wildman–Crippen MR) is 155 cm³/mol. The minimum Gasteiger partial charge on any atom is -0.300 e. The van der Waals surface area contributed by atoms with Crippen molar-refractivity contribution < 1.29 is 4.79 Å². The highest BCUT2D eigenvalue weighted by Crippen LogP contribution is 2.35. The number of ketones is 1. The number of fused-ring (bicyclic) bond motifs is 1. The lowest BCUT2D eigenvalue weighted by Gasteiger charge is -2.19. The summed E-state index contributed by atoms with van der Waals surface area (Å²) in [5.74, 6) is 0.319. The van der Waals surface area contributed by atoms with Crippen LogP contribution in [-0.4, -0.2) is 20.8 Å². The molecule has 0 saturated carbocycles. The van der Waals surface area contributed by atoms with Gasteiger partial charge in [0.1, 0.15) is 16.8 Å². The number of nitrogens with zero attached hydrogens (tertiary/aromatic N) is 3. The molecule has 4 nitrogen and oxygen atoms in total. The molecule has 3 aromatic carbocycles. The summed E-state index contributed by atoms with van der Waals surface area (Å²) in [4.78, 5) is 13.7. The Bertz CT molecular complexity index is 1360. The lowest BCUT2D eigenvalue weighted by molar-refractivity contribution is -0.119. The molecule has 4 aromatic rings. The van der Waals surface area contributed by atoms with E-state index in [1.807, 2.05) is 6.92 Å². The zero-order valence-electron chi connectivity index (χ0n) is 23.6. The van der Waals surface area contributed by atoms with E-state index in [4.69, 9.17) is 10.2 Å². The van der Waals surface area contributed by atoms with E-state index >= 15 is 0 Å². The van der Waals surface area contributed by atoms with Crippen LogP contribution in [0.3, 0.4) is 0 Å². The molecule has 0 radical (unpaired) electrons. The fraction of sp³-hybridized carbons (Fsp3) is 0.424. The zero-order chi connectivity index (χ0) is 26.8. The second-order valence-electron chi connectivity index (χ2n) is 12.2. The van der Waals surface area contributed by atoms with Gasteiger partial charge in [-0.25, -0.2) is 0 Å². The second kappa shape index (κ2) is 10.6. The van der Waals surface area contributed by atoms with Crippen LogP contribution in [0.2, 0.25) is 0 Å². The van der Waals surface area contributed by atoms with Gasteiger partial charge < -0.3 is 0 Å². The van der Waals surface area contributed by atoms with E-state index in [0.717, 1.165) is 40.6 Å². The molecular weight excluding hydrogens is 454 g/mol. The monoisotopic (exact) mass is 495 g/mol. The van der Waals surface area contributed by atoms with Crippen LogP contribution in [0.5, 0.6) is 0 Å². The van der Waals surface area contributed by atoms with E-state index < -0.39 is 0 Å². The van der Waals surface area contributed by atoms with Crippen LogP contribution in [0.25, 0.3) is 33.3 Å². The van der Waals surface area contributed by atoms with Crippen LogP contribution in [0.1, 0.15) is 85.3 Å². The summed E-state index contributed by atoms with van der Waals surface area (Å²) >= 11 is 0. The third kappa shape index (κ3) is 6.36. The minimum atomic E-state index is 0.100. The first-order valence-corrected chi connectivity index (χ1v) is 13.6. The van der Waals surface area contributed by atoms with Crippen LogP contribution < -0.4 is 0 Å². The fourth-order valence-corrected chi connectivity index (χ4v) is 4.68. The van der Waals surface area contributed by atoms with Gasteiger partial charge in [0, 0.05) is 18.4 Å². The van der Waals surface area contributed by atoms with Crippen LogP contribution in [0, 0.1) is 0 Å². The maximum atomic E-state index is 12.0. The highest BCUT2D eigenvalue weighted by Gasteiger charge is 2.17. The van der Waals surface area contributed by atoms with Gasteiger partial charge >= 0.3 is 0 Å². The smallest absolute Gasteiger partial charge is 0.132 e. The average molecular weight is 496 g/mol. The Morgan fingerprint density at radius 2 is 1.30 bits per heavy atom. The van der Waals surface area contributed by atoms with E-state index in [1.54, 1.807) is 4.80 Å². The molecule has 37 heavy (non-hydrogen) atoms. The standard InChI is InChI=1S/C33H41N3O/c1-8-10-28(37)11-9-20-36-34-30-22-25(23-12-16-26(17-13-23)32(2,3)4)21-29(31(30)35-36)24-14-18-27(19-15-24)33(5,6)7/h12-19,21-22H,8-11,20H2,1-7H3. The molecule has 0 bridgehead atoms. The molecular formula is C33H41N3O. The van der Waals surface area contributed by atoms with Crippen LogP contribution in [0.4, 0.5) is 0 Å². The topological polar surface area (TPSA) is 47.8 Å². The third-order valence-corrected chi connectivity index (χ3v) is 7.02. The van der Waals surface area contributed by atoms with E-state index in [0.29, 0.717) is 25.2 Å². The molecule has 0 fully saturated rings. The Morgan fingerprint density at radius 1 is 0.730 bits per heavy atom. The molecule has 1 heterocycles. The quantitative estimate of drug-likeness (QED) is 0.246. The Morgan fingerprint density at radius 3 is 1.84 bits per heavy atom. The predicted octanol–water partition coefficient (Wildman–Crippen LogP) is 8.51. The van der Waals surface area contributed by atoms with Crippen molar-refractivity contribution in [3.8, 4) is 22.3 Å². The van der Waals surface area contributed by atoms with Gasteiger partial charge in [-0.05, 0) is 63.6 Å². The third-order valence-electron chi connectivity index (χ3n) is 7.02. The minimum absolute atomic E-state index is 0.100. The largest absolute Gasteiger partial charge is 0.300 e. The fourth-order valence-electron chi connectivity index (χ4n) is 4.68. The van der Waals surface area contributed by atoms with Gasteiger partial charge in [-0.15, -0.1) is 0 Å². The van der Waals surface area contributed by atoms with Gasteiger partial charge in [-0.1, -0.05) is 97.0 Å². The van der Waals surface area contributed by atoms with Crippen molar-refractivity contribution in [1.29, 1.82) is 0 Å². The number of hydrogen-bond acceptors (Lipinski definition) is 3. The van der Waals surface area contributed by atoms with Gasteiger partial charge in [0.15, 0.2) is 0 Å². The van der Waals surface area contributed by atoms with Crippen molar-refractivity contribution in [2.45, 2.75) is 91.5 Å². The van der Waals surface area contributed by atoms with Crippen molar-refractivity contribution in [1.82, 2.24) is 15.0 Å². The van der Waals surface area contributed by atoms with E-state index in [-0.39, 0.29) is 10.8 Å². The van der Waals surface area contributed by atoms with Crippen LogP contribution in [-0.2, 0) is 22.2 Å². The molecule has 0 amide bonds. The summed E-state index contributed by atoms with van der Waals surface area (Å²) in [6.45, 7) is 16.1. The molecule has 0 aliphatic rings. The number of rotatable bonds is 8. The molecule has 0 saturated heterocycles. The first-order chi connectivity index (χ1) is 17.5. The Hall–Kier alpha value is -3.27. The molecule has 0 aliphatic carbocycles. The zero-order valence-corrected chi connectivity index (χ0v) is 23.6. The van der Waals surface area contributed by atoms with Gasteiger partial charge in [0.2, 0.25) is 0 Å². The van der Waals surface area contributed by atoms with Gasteiger partial charge in [0.05, 0.1) is 6.54 Å². The molecule has 0 N–H and O–H groups in total. The van der Waals surface area contributed by atoms with Crippen molar-refractivity contribution in [2.24, 2.45) is 0 Å². The summed E-state index contributed by atoms with van der Waals surface area (Å²) in [7, 11) is 0. The van der Waals surface area contributed by atoms with Crippen LogP contribution >= 0.6 is 0 Å². The molecule has 0 aliphatic heterocycles. The number of aryl methyl sites for hydroxylation is 1. The highest BCUT2D eigenvalue weighted by molar-refractivity contribution is 5.95. The molecule has 0 spiro atoms. The normalized spacial score (nSPS) is 12.3. The van der Waals surface area contributed by atoms with E-state index in [9.17, 15) is 4.79 Å². The number of benzene rings is 3. The van der Waals surface area contributed by atoms with Crippen molar-refractivity contribution in [3.05, 3.63) is 71.8 Å². The molecule has 0 atom stereocenters. The molecule has 0 unspecified atom stereocenters. The highest BCUT2D eigenvalue weighted by atomic mass is 16.1. The number of carbonyl (C=O) groups excluding carboxylic acids is 1. The molecule has 4 heteroatoms. The SMILES string of the molecule is CCCC(=O)CCCn1nc2cc(-c3ccc(C(C)(C)C)cc3)cc(-c3ccc(C(C)(C)C)cc3)c2n1. The van der Waals surface area contributed by atoms with Gasteiger partial charge in [-0.2, -0.15) is 15.0 Å². The molecule has 4 rings (SSSR count). The Kier molecular flexibility index (Phi) is 7.68. The summed E-state index contributed by atoms with van der Waals surface area (Å²) in [5.41, 5.74) is 9.14. The van der Waals surface area contributed by atoms with Crippen molar-refractivity contribution in [3.63, 3.8) is 0 Å². The van der Waals surface area contributed by atoms with Crippen molar-refractivity contribution >= 4 is 16.8 Å². The first-order valence-electron chi connectivity index (χ1n) is 13.6. The second-order valence-corrected chi connectivity index (χ2v) is 12.2. The number of hydrogen-bond donors (Lipinski definition) is 0. The maximum Gasteiger partial charge on any atom is 0.132 e. The molecule has 1 aromatic heterocycles. The maximum absolute atomic E-state index is 12.0. The lowest BCUT2D eigenvalue weighted by Crippen LogP contribution is -2.10. The van der Waals surface area contributed by atoms with E-state index in [1.165, 1.54) is 16.7 Å². The summed E-state index contributed by atoms with van der Waals surface area (Å²) in [6, 6.07) is 22.1. The molecule has 194 valence electrons. The number of aromatic nitrogens is 3. The number of carbonyl (C=O) groups is 1. The average Bonchev–Trinajstić information content (AvgIpc) is 3.25. The summed E-state index contributed by atoms with van der Waals surface area (Å²) in [5, 5.41) is 9.71. The first kappa shape index (κ1) is 26.8. The lowest BCUT2D eigenvalue weighted by atomic mass is 9.85.